The van der Waals surface area contributed by atoms with Crippen LogP contribution < -0.4 is 10.5 Å². The number of nitrogen functional groups attached to an aromatic ring is 1. The maximum atomic E-state index is 7.73. The van der Waals surface area contributed by atoms with Gasteiger partial charge in [-0.15, -0.1) is 0 Å². The number of amidine groups is 1. The lowest BCUT2D eigenvalue weighted by Crippen LogP contribution is -2.15. The minimum Gasteiger partial charge on any atom is -0.497 e. The molecular weight excluding hydrogens is 270 g/mol. The van der Waals surface area contributed by atoms with Crippen molar-refractivity contribution >= 4 is 17.6 Å². The first-order valence-electron chi connectivity index (χ1n) is 6.16. The molecule has 0 amide bonds. The average molecular weight is 287 g/mol. The fourth-order valence-corrected chi connectivity index (χ4v) is 3.09. The van der Waals surface area contributed by atoms with Gasteiger partial charge < -0.3 is 10.5 Å². The van der Waals surface area contributed by atoms with Gasteiger partial charge in [-0.05, 0) is 43.7 Å². The van der Waals surface area contributed by atoms with Gasteiger partial charge in [0.05, 0.1) is 12.7 Å². The Bertz CT molecular complexity index is 656. The number of aryl methyl sites for hydroxylation is 2. The first kappa shape index (κ1) is 14.4. The van der Waals surface area contributed by atoms with Crippen LogP contribution in [-0.4, -0.2) is 17.9 Å². The molecule has 0 aliphatic rings. The SMILES string of the molecule is COc1cccc(Sc2nc(C)cc(C)c2C(=N)N)c1. The molecule has 0 atom stereocenters. The molecule has 0 spiro atoms. The number of benzene rings is 1. The van der Waals surface area contributed by atoms with E-state index in [0.29, 0.717) is 5.56 Å². The Morgan fingerprint density at radius 2 is 2.05 bits per heavy atom. The number of hydrogen-bond donors (Lipinski definition) is 2. The first-order chi connectivity index (χ1) is 9.51. The van der Waals surface area contributed by atoms with E-state index in [1.54, 1.807) is 7.11 Å². The Labute approximate surface area is 122 Å². The standard InChI is InChI=1S/C15H17N3OS/c1-9-7-10(2)18-15(13(9)14(16)17)20-12-6-4-5-11(8-12)19-3/h4-8H,1-3H3,(H3,16,17). The van der Waals surface area contributed by atoms with Gasteiger partial charge in [-0.1, -0.05) is 17.8 Å². The smallest absolute Gasteiger partial charge is 0.125 e. The summed E-state index contributed by atoms with van der Waals surface area (Å²) in [5.41, 5.74) is 8.26. The van der Waals surface area contributed by atoms with Crippen LogP contribution >= 0.6 is 11.8 Å². The summed E-state index contributed by atoms with van der Waals surface area (Å²) in [6.45, 7) is 3.88. The second kappa shape index (κ2) is 5.96. The van der Waals surface area contributed by atoms with Gasteiger partial charge in [0.1, 0.15) is 16.6 Å². The van der Waals surface area contributed by atoms with Gasteiger partial charge in [0.2, 0.25) is 0 Å². The van der Waals surface area contributed by atoms with Crippen molar-refractivity contribution in [1.82, 2.24) is 4.98 Å². The van der Waals surface area contributed by atoms with Gasteiger partial charge in [0.15, 0.2) is 0 Å². The van der Waals surface area contributed by atoms with E-state index >= 15 is 0 Å². The van der Waals surface area contributed by atoms with Crippen LogP contribution in [0.1, 0.15) is 16.8 Å². The summed E-state index contributed by atoms with van der Waals surface area (Å²) in [5.74, 6) is 0.837. The van der Waals surface area contributed by atoms with Crippen molar-refractivity contribution in [3.8, 4) is 5.75 Å². The van der Waals surface area contributed by atoms with Gasteiger partial charge in [-0.2, -0.15) is 0 Å². The second-order valence-corrected chi connectivity index (χ2v) is 5.52. The molecule has 0 aliphatic heterocycles. The number of rotatable bonds is 4. The monoisotopic (exact) mass is 287 g/mol. The molecule has 0 saturated heterocycles. The highest BCUT2D eigenvalue weighted by atomic mass is 32.2. The fourth-order valence-electron chi connectivity index (χ4n) is 1.98. The fraction of sp³-hybridized carbons (Fsp3) is 0.200. The number of nitrogens with two attached hydrogens (primary N) is 1. The van der Waals surface area contributed by atoms with Gasteiger partial charge >= 0.3 is 0 Å². The maximum Gasteiger partial charge on any atom is 0.125 e. The third-order valence-electron chi connectivity index (χ3n) is 2.84. The van der Waals surface area contributed by atoms with Crippen LogP contribution in [0.25, 0.3) is 0 Å². The van der Waals surface area contributed by atoms with E-state index in [-0.39, 0.29) is 5.84 Å². The molecule has 0 radical (unpaired) electrons. The largest absolute Gasteiger partial charge is 0.497 e. The van der Waals surface area contributed by atoms with Crippen LogP contribution in [0.2, 0.25) is 0 Å². The third-order valence-corrected chi connectivity index (χ3v) is 3.81. The lowest BCUT2D eigenvalue weighted by molar-refractivity contribution is 0.413. The van der Waals surface area contributed by atoms with Gasteiger partial charge in [-0.25, -0.2) is 4.98 Å². The van der Waals surface area contributed by atoms with E-state index in [1.807, 2.05) is 44.2 Å². The molecule has 20 heavy (non-hydrogen) atoms. The summed E-state index contributed by atoms with van der Waals surface area (Å²) in [5, 5.41) is 8.48. The molecule has 104 valence electrons. The molecule has 1 heterocycles. The van der Waals surface area contributed by atoms with Crippen molar-refractivity contribution < 1.29 is 4.74 Å². The number of hydrogen-bond acceptors (Lipinski definition) is 4. The minimum atomic E-state index is 0.0420. The zero-order valence-corrected chi connectivity index (χ0v) is 12.5. The summed E-state index contributed by atoms with van der Waals surface area (Å²) in [6, 6.07) is 9.68. The molecule has 4 nitrogen and oxygen atoms in total. The van der Waals surface area contributed by atoms with Crippen LogP contribution in [-0.2, 0) is 0 Å². The van der Waals surface area contributed by atoms with E-state index in [9.17, 15) is 0 Å². The van der Waals surface area contributed by atoms with Crippen molar-refractivity contribution in [2.24, 2.45) is 5.73 Å². The molecule has 0 unspecified atom stereocenters. The van der Waals surface area contributed by atoms with E-state index < -0.39 is 0 Å². The number of pyridine rings is 1. The number of methoxy groups -OCH3 is 1. The molecule has 0 saturated carbocycles. The Balaban J connectivity index is 2.44. The van der Waals surface area contributed by atoms with Crippen LogP contribution in [0.5, 0.6) is 5.75 Å². The molecule has 1 aromatic carbocycles. The lowest BCUT2D eigenvalue weighted by atomic mass is 10.1. The second-order valence-electron chi connectivity index (χ2n) is 4.46. The first-order valence-corrected chi connectivity index (χ1v) is 6.97. The van der Waals surface area contributed by atoms with Gasteiger partial charge in [0.25, 0.3) is 0 Å². The molecular formula is C15H17N3OS. The van der Waals surface area contributed by atoms with Gasteiger partial charge in [-0.3, -0.25) is 5.41 Å². The summed E-state index contributed by atoms with van der Waals surface area (Å²) >= 11 is 1.49. The van der Waals surface area contributed by atoms with Crippen molar-refractivity contribution in [3.05, 3.63) is 47.2 Å². The number of nitrogens with one attached hydrogen (secondary N) is 1. The predicted molar refractivity (Wildman–Crippen MR) is 81.8 cm³/mol. The van der Waals surface area contributed by atoms with E-state index in [1.165, 1.54) is 11.8 Å². The van der Waals surface area contributed by atoms with E-state index in [4.69, 9.17) is 15.9 Å². The number of ether oxygens (including phenoxy) is 1. The molecule has 2 rings (SSSR count). The highest BCUT2D eigenvalue weighted by Crippen LogP contribution is 2.32. The third kappa shape index (κ3) is 3.11. The Morgan fingerprint density at radius 3 is 2.70 bits per heavy atom. The zero-order valence-electron chi connectivity index (χ0n) is 11.7. The molecule has 0 bridgehead atoms. The summed E-state index contributed by atoms with van der Waals surface area (Å²) in [7, 11) is 1.64. The summed E-state index contributed by atoms with van der Waals surface area (Å²) in [6.07, 6.45) is 0. The molecule has 1 aromatic heterocycles. The van der Waals surface area contributed by atoms with Crippen molar-refractivity contribution in [3.63, 3.8) is 0 Å². The Morgan fingerprint density at radius 1 is 1.30 bits per heavy atom. The Hall–Kier alpha value is -2.01. The van der Waals surface area contributed by atoms with Crippen molar-refractivity contribution in [2.45, 2.75) is 23.8 Å². The van der Waals surface area contributed by atoms with E-state index in [2.05, 4.69) is 4.98 Å². The highest BCUT2D eigenvalue weighted by molar-refractivity contribution is 7.99. The molecule has 3 N–H and O–H groups in total. The van der Waals surface area contributed by atoms with Crippen LogP contribution in [0.15, 0.2) is 40.3 Å². The van der Waals surface area contributed by atoms with Crippen LogP contribution in [0.3, 0.4) is 0 Å². The molecule has 5 heteroatoms. The topological polar surface area (TPSA) is 72.0 Å². The number of aromatic nitrogens is 1. The zero-order chi connectivity index (χ0) is 14.7. The number of nitrogens with zero attached hydrogens (tertiary/aromatic N) is 1. The minimum absolute atomic E-state index is 0.0420. The maximum absolute atomic E-state index is 7.73. The van der Waals surface area contributed by atoms with E-state index in [0.717, 1.165) is 26.9 Å². The summed E-state index contributed by atoms with van der Waals surface area (Å²) < 4.78 is 5.22. The quantitative estimate of drug-likeness (QED) is 0.669. The van der Waals surface area contributed by atoms with Crippen molar-refractivity contribution in [2.75, 3.05) is 7.11 Å². The normalized spacial score (nSPS) is 10.3. The van der Waals surface area contributed by atoms with Gasteiger partial charge in [0, 0.05) is 10.6 Å². The summed E-state index contributed by atoms with van der Waals surface area (Å²) in [4.78, 5) is 5.51. The molecule has 0 fully saturated rings. The average Bonchev–Trinajstić information content (AvgIpc) is 2.37. The highest BCUT2D eigenvalue weighted by Gasteiger charge is 2.13. The van der Waals surface area contributed by atoms with Crippen LogP contribution in [0, 0.1) is 19.3 Å². The van der Waals surface area contributed by atoms with Crippen molar-refractivity contribution in [1.29, 1.82) is 5.41 Å². The predicted octanol–water partition coefficient (Wildman–Crippen LogP) is 3.14. The lowest BCUT2D eigenvalue weighted by Gasteiger charge is -2.11. The van der Waals surface area contributed by atoms with Crippen LogP contribution in [0.4, 0.5) is 0 Å². The molecule has 2 aromatic rings. The molecule has 0 aliphatic carbocycles. The Kier molecular flexibility index (Phi) is 4.29.